The van der Waals surface area contributed by atoms with E-state index >= 15 is 0 Å². The minimum absolute atomic E-state index is 0.0669. The van der Waals surface area contributed by atoms with Crippen molar-refractivity contribution in [1.29, 1.82) is 0 Å². The normalized spacial score (nSPS) is 11.6. The number of sulfone groups is 1. The van der Waals surface area contributed by atoms with E-state index in [1.165, 1.54) is 24.3 Å². The molecule has 7 nitrogen and oxygen atoms in total. The van der Waals surface area contributed by atoms with E-state index < -0.39 is 15.8 Å². The molecule has 0 saturated heterocycles. The summed E-state index contributed by atoms with van der Waals surface area (Å²) in [6.45, 7) is 0.521. The zero-order valence-electron chi connectivity index (χ0n) is 14.1. The van der Waals surface area contributed by atoms with Crippen LogP contribution in [-0.4, -0.2) is 36.8 Å². The smallest absolute Gasteiger partial charge is 0.338 e. The second kappa shape index (κ2) is 7.17. The number of carbonyl (C=O) groups excluding carboxylic acids is 1. The van der Waals surface area contributed by atoms with Crippen LogP contribution < -0.4 is 5.69 Å². The first-order valence-electron chi connectivity index (χ1n) is 8.01. The predicted octanol–water partition coefficient (Wildman–Crippen LogP) is 1.98. The first-order valence-corrected chi connectivity index (χ1v) is 9.90. The van der Waals surface area contributed by atoms with Crippen LogP contribution in [0, 0.1) is 0 Å². The number of rotatable bonds is 6. The third-order valence-corrected chi connectivity index (χ3v) is 5.05. The van der Waals surface area contributed by atoms with E-state index in [2.05, 4.69) is 4.98 Å². The number of hydrogen-bond donors (Lipinski definition) is 1. The minimum atomic E-state index is -3.39. The molecule has 0 atom stereocenters. The van der Waals surface area contributed by atoms with E-state index in [1.54, 1.807) is 4.57 Å². The molecule has 0 spiro atoms. The van der Waals surface area contributed by atoms with Crippen molar-refractivity contribution < 1.29 is 17.9 Å². The number of esters is 1. The highest BCUT2D eigenvalue weighted by Crippen LogP contribution is 2.13. The summed E-state index contributed by atoms with van der Waals surface area (Å²) in [6.07, 6.45) is 1.54. The van der Waals surface area contributed by atoms with Crippen molar-refractivity contribution in [2.24, 2.45) is 0 Å². The first-order chi connectivity index (χ1) is 12.4. The molecule has 0 bridgehead atoms. The van der Waals surface area contributed by atoms with Gasteiger partial charge in [-0.2, -0.15) is 0 Å². The summed E-state index contributed by atoms with van der Waals surface area (Å²) in [5.41, 5.74) is 1.52. The summed E-state index contributed by atoms with van der Waals surface area (Å²) >= 11 is 0. The van der Waals surface area contributed by atoms with Crippen LogP contribution in [0.4, 0.5) is 0 Å². The highest BCUT2D eigenvalue weighted by molar-refractivity contribution is 7.90. The van der Waals surface area contributed by atoms with Crippen LogP contribution >= 0.6 is 0 Å². The fraction of sp³-hybridized carbons (Fsp3) is 0.222. The van der Waals surface area contributed by atoms with Gasteiger partial charge in [0.2, 0.25) is 0 Å². The molecule has 3 rings (SSSR count). The molecule has 0 fully saturated rings. The molecule has 0 unspecified atom stereocenters. The first kappa shape index (κ1) is 17.9. The summed E-state index contributed by atoms with van der Waals surface area (Å²) < 4.78 is 29.9. The average molecular weight is 374 g/mol. The maximum absolute atomic E-state index is 12.1. The largest absolute Gasteiger partial charge is 0.462 e. The molecule has 2 aromatic carbocycles. The molecular weight excluding hydrogens is 356 g/mol. The molecule has 1 heterocycles. The molecule has 0 amide bonds. The number of nitrogens with one attached hydrogen (secondary N) is 1. The fourth-order valence-electron chi connectivity index (χ4n) is 2.65. The molecule has 0 saturated carbocycles. The van der Waals surface area contributed by atoms with Crippen LogP contribution in [0.1, 0.15) is 16.8 Å². The molecule has 0 radical (unpaired) electrons. The van der Waals surface area contributed by atoms with Crippen LogP contribution in [-0.2, 0) is 21.1 Å². The Bertz CT molecular complexity index is 1110. The molecule has 1 N–H and O–H groups in total. The van der Waals surface area contributed by atoms with Gasteiger partial charge in [-0.3, -0.25) is 4.57 Å². The molecular formula is C18H18N2O5S. The monoisotopic (exact) mass is 374 g/mol. The van der Waals surface area contributed by atoms with Crippen LogP contribution in [0.5, 0.6) is 0 Å². The van der Waals surface area contributed by atoms with Gasteiger partial charge >= 0.3 is 11.7 Å². The van der Waals surface area contributed by atoms with Gasteiger partial charge in [-0.15, -0.1) is 0 Å². The summed E-state index contributed by atoms with van der Waals surface area (Å²) in [5.74, 6) is -0.596. The number of nitrogens with zero attached hydrogens (tertiary/aromatic N) is 1. The molecule has 26 heavy (non-hydrogen) atoms. The zero-order chi connectivity index (χ0) is 18.7. The Hall–Kier alpha value is -2.87. The second-order valence-electron chi connectivity index (χ2n) is 5.89. The maximum atomic E-state index is 12.1. The Morgan fingerprint density at radius 3 is 2.69 bits per heavy atom. The van der Waals surface area contributed by atoms with Gasteiger partial charge < -0.3 is 9.72 Å². The van der Waals surface area contributed by atoms with E-state index in [4.69, 9.17) is 4.74 Å². The van der Waals surface area contributed by atoms with Gasteiger partial charge in [-0.1, -0.05) is 18.2 Å². The zero-order valence-corrected chi connectivity index (χ0v) is 15.0. The van der Waals surface area contributed by atoms with Crippen molar-refractivity contribution in [2.75, 3.05) is 12.9 Å². The Balaban J connectivity index is 1.61. The van der Waals surface area contributed by atoms with Gasteiger partial charge in [-0.25, -0.2) is 18.0 Å². The number of aromatic amines is 1. The molecule has 1 aromatic heterocycles. The van der Waals surface area contributed by atoms with Crippen molar-refractivity contribution in [3.63, 3.8) is 0 Å². The number of imidazole rings is 1. The standard InChI is InChI=1S/C18H18N2O5S/c1-26(23,24)14-7-4-6-13(12-14)17(21)25-11-5-10-20-16-9-3-2-8-15(16)19-18(20)22/h2-4,6-9,12H,5,10-11H2,1H3,(H,19,22). The van der Waals surface area contributed by atoms with Crippen molar-refractivity contribution in [3.8, 4) is 0 Å². The topological polar surface area (TPSA) is 98.2 Å². The van der Waals surface area contributed by atoms with Crippen LogP contribution in [0.25, 0.3) is 11.0 Å². The number of aromatic nitrogens is 2. The molecule has 8 heteroatoms. The number of fused-ring (bicyclic) bond motifs is 1. The Morgan fingerprint density at radius 2 is 1.92 bits per heavy atom. The van der Waals surface area contributed by atoms with Gasteiger partial charge in [0.1, 0.15) is 0 Å². The molecule has 3 aromatic rings. The number of ether oxygens (including phenoxy) is 1. The van der Waals surface area contributed by atoms with Crippen LogP contribution in [0.15, 0.2) is 58.2 Å². The third-order valence-electron chi connectivity index (χ3n) is 3.94. The second-order valence-corrected chi connectivity index (χ2v) is 7.90. The van der Waals surface area contributed by atoms with Crippen molar-refractivity contribution >= 4 is 26.8 Å². The summed E-state index contributed by atoms with van der Waals surface area (Å²) in [5, 5.41) is 0. The highest BCUT2D eigenvalue weighted by atomic mass is 32.2. The SMILES string of the molecule is CS(=O)(=O)c1cccc(C(=O)OCCCn2c(=O)[nH]c3ccccc32)c1. The summed E-state index contributed by atoms with van der Waals surface area (Å²) in [4.78, 5) is 26.9. The lowest BCUT2D eigenvalue weighted by Crippen LogP contribution is -2.18. The van der Waals surface area contributed by atoms with E-state index in [0.717, 1.165) is 17.3 Å². The molecule has 0 aliphatic heterocycles. The average Bonchev–Trinajstić information content (AvgIpc) is 2.93. The van der Waals surface area contributed by atoms with Gasteiger partial charge in [0.15, 0.2) is 9.84 Å². The Kier molecular flexibility index (Phi) is 4.94. The summed E-state index contributed by atoms with van der Waals surface area (Å²) in [6, 6.07) is 13.1. The molecule has 136 valence electrons. The van der Waals surface area contributed by atoms with Gasteiger partial charge in [-0.05, 0) is 36.8 Å². The lowest BCUT2D eigenvalue weighted by atomic mass is 10.2. The molecule has 0 aliphatic rings. The van der Waals surface area contributed by atoms with E-state index in [9.17, 15) is 18.0 Å². The predicted molar refractivity (Wildman–Crippen MR) is 97.0 cm³/mol. The van der Waals surface area contributed by atoms with Crippen molar-refractivity contribution in [1.82, 2.24) is 9.55 Å². The number of H-pyrrole nitrogens is 1. The number of benzene rings is 2. The van der Waals surface area contributed by atoms with Crippen LogP contribution in [0.2, 0.25) is 0 Å². The van der Waals surface area contributed by atoms with E-state index in [0.29, 0.717) is 13.0 Å². The quantitative estimate of drug-likeness (QED) is 0.525. The van der Waals surface area contributed by atoms with Crippen molar-refractivity contribution in [3.05, 3.63) is 64.6 Å². The van der Waals surface area contributed by atoms with Gasteiger partial charge in [0.05, 0.1) is 28.1 Å². The van der Waals surface area contributed by atoms with Gasteiger partial charge in [0.25, 0.3) is 0 Å². The number of para-hydroxylation sites is 2. The third kappa shape index (κ3) is 3.85. The van der Waals surface area contributed by atoms with Gasteiger partial charge in [0, 0.05) is 12.8 Å². The maximum Gasteiger partial charge on any atom is 0.338 e. The Labute approximate surface area is 150 Å². The minimum Gasteiger partial charge on any atom is -0.462 e. The lowest BCUT2D eigenvalue weighted by molar-refractivity contribution is 0.0496. The number of aryl methyl sites for hydroxylation is 1. The number of carbonyl (C=O) groups is 1. The van der Waals surface area contributed by atoms with Crippen molar-refractivity contribution in [2.45, 2.75) is 17.9 Å². The lowest BCUT2D eigenvalue weighted by Gasteiger charge is -2.07. The fourth-order valence-corrected chi connectivity index (χ4v) is 3.32. The highest BCUT2D eigenvalue weighted by Gasteiger charge is 2.13. The number of hydrogen-bond acceptors (Lipinski definition) is 5. The molecule has 0 aliphatic carbocycles. The Morgan fingerprint density at radius 1 is 1.15 bits per heavy atom. The summed E-state index contributed by atoms with van der Waals surface area (Å²) in [7, 11) is -3.39. The van der Waals surface area contributed by atoms with E-state index in [1.807, 2.05) is 24.3 Å². The van der Waals surface area contributed by atoms with Crippen LogP contribution in [0.3, 0.4) is 0 Å². The van der Waals surface area contributed by atoms with E-state index in [-0.39, 0.29) is 22.8 Å².